The lowest BCUT2D eigenvalue weighted by Gasteiger charge is -2.08. The molecule has 0 fully saturated rings. The molecular weight excluding hydrogens is 354 g/mol. The average molecular weight is 373 g/mol. The summed E-state index contributed by atoms with van der Waals surface area (Å²) in [5.41, 5.74) is 2.81. The van der Waals surface area contributed by atoms with Crippen LogP contribution in [0.2, 0.25) is 0 Å². The maximum absolute atomic E-state index is 12.4. The van der Waals surface area contributed by atoms with Crippen molar-refractivity contribution in [3.8, 4) is 5.69 Å². The predicted molar refractivity (Wildman–Crippen MR) is 108 cm³/mol. The molecule has 4 aromatic rings. The molecule has 0 atom stereocenters. The number of H-pyrrole nitrogens is 1. The Morgan fingerprint density at radius 3 is 2.64 bits per heavy atom. The van der Waals surface area contributed by atoms with E-state index in [0.29, 0.717) is 23.3 Å². The summed E-state index contributed by atoms with van der Waals surface area (Å²) in [4.78, 5) is 31.9. The van der Waals surface area contributed by atoms with Gasteiger partial charge in [0.25, 0.3) is 5.56 Å². The minimum Gasteiger partial charge on any atom is -0.326 e. The third kappa shape index (κ3) is 3.55. The number of hydrogen-bond acceptors (Lipinski definition) is 4. The second-order valence-corrected chi connectivity index (χ2v) is 6.50. The molecule has 0 bridgehead atoms. The number of hydrogen-bond donors (Lipinski definition) is 2. The number of nitrogens with one attached hydrogen (secondary N) is 2. The molecule has 0 spiro atoms. The Morgan fingerprint density at radius 1 is 1.11 bits per heavy atom. The molecule has 0 unspecified atom stereocenters. The van der Waals surface area contributed by atoms with E-state index >= 15 is 0 Å². The lowest BCUT2D eigenvalue weighted by atomic mass is 10.2. The highest BCUT2D eigenvalue weighted by atomic mass is 16.1. The Balaban J connectivity index is 1.55. The Labute approximate surface area is 161 Å². The molecule has 0 aliphatic heterocycles. The average Bonchev–Trinajstić information content (AvgIpc) is 3.13. The largest absolute Gasteiger partial charge is 0.326 e. The second kappa shape index (κ2) is 7.48. The van der Waals surface area contributed by atoms with Crippen LogP contribution in [0, 0.1) is 6.92 Å². The zero-order valence-corrected chi connectivity index (χ0v) is 15.3. The number of aromatic amines is 1. The summed E-state index contributed by atoms with van der Waals surface area (Å²) in [6, 6.07) is 17.1. The summed E-state index contributed by atoms with van der Waals surface area (Å²) in [6.07, 6.45) is 2.04. The number of amides is 1. The van der Waals surface area contributed by atoms with E-state index in [1.165, 1.54) is 6.20 Å². The summed E-state index contributed by atoms with van der Waals surface area (Å²) >= 11 is 0. The molecule has 7 heteroatoms. The van der Waals surface area contributed by atoms with Gasteiger partial charge in [0.2, 0.25) is 5.91 Å². The summed E-state index contributed by atoms with van der Waals surface area (Å²) < 4.78 is 1.63. The van der Waals surface area contributed by atoms with Crippen LogP contribution in [0.4, 0.5) is 5.69 Å². The van der Waals surface area contributed by atoms with Gasteiger partial charge in [-0.3, -0.25) is 9.59 Å². The van der Waals surface area contributed by atoms with Gasteiger partial charge < -0.3 is 10.3 Å². The number of aryl methyl sites for hydroxylation is 2. The van der Waals surface area contributed by atoms with E-state index in [-0.39, 0.29) is 17.9 Å². The van der Waals surface area contributed by atoms with E-state index in [1.807, 2.05) is 61.5 Å². The number of benzene rings is 2. The molecule has 0 saturated heterocycles. The Hall–Kier alpha value is -3.74. The van der Waals surface area contributed by atoms with Crippen LogP contribution in [0.5, 0.6) is 0 Å². The number of nitrogens with zero attached hydrogens (tertiary/aromatic N) is 3. The third-order valence-corrected chi connectivity index (χ3v) is 4.50. The Bertz CT molecular complexity index is 1190. The zero-order chi connectivity index (χ0) is 19.5. The first-order chi connectivity index (χ1) is 13.6. The van der Waals surface area contributed by atoms with Gasteiger partial charge in [-0.2, -0.15) is 5.10 Å². The van der Waals surface area contributed by atoms with Crippen molar-refractivity contribution < 1.29 is 4.79 Å². The van der Waals surface area contributed by atoms with Gasteiger partial charge in [0, 0.05) is 18.5 Å². The van der Waals surface area contributed by atoms with Crippen LogP contribution < -0.4 is 10.9 Å². The normalized spacial score (nSPS) is 10.9. The molecule has 28 heavy (non-hydrogen) atoms. The molecule has 0 aliphatic rings. The van der Waals surface area contributed by atoms with E-state index in [1.54, 1.807) is 4.68 Å². The Kier molecular flexibility index (Phi) is 4.72. The van der Waals surface area contributed by atoms with Gasteiger partial charge in [-0.1, -0.05) is 36.4 Å². The number of fused-ring (bicyclic) bond motifs is 1. The molecule has 2 N–H and O–H groups in total. The topological polar surface area (TPSA) is 92.7 Å². The number of carbonyl (C=O) groups is 1. The van der Waals surface area contributed by atoms with E-state index in [0.717, 1.165) is 16.9 Å². The summed E-state index contributed by atoms with van der Waals surface area (Å²) in [6.45, 7) is 1.94. The van der Waals surface area contributed by atoms with Crippen molar-refractivity contribution in [1.29, 1.82) is 0 Å². The first-order valence-electron chi connectivity index (χ1n) is 8.99. The molecule has 140 valence electrons. The van der Waals surface area contributed by atoms with Gasteiger partial charge in [-0.15, -0.1) is 0 Å². The van der Waals surface area contributed by atoms with E-state index in [9.17, 15) is 9.59 Å². The highest BCUT2D eigenvalue weighted by molar-refractivity contribution is 5.91. The molecule has 2 aromatic carbocycles. The maximum Gasteiger partial charge on any atom is 0.262 e. The second-order valence-electron chi connectivity index (χ2n) is 6.50. The lowest BCUT2D eigenvalue weighted by molar-refractivity contribution is -0.116. The highest BCUT2D eigenvalue weighted by Crippen LogP contribution is 2.15. The van der Waals surface area contributed by atoms with Crippen molar-refractivity contribution in [2.45, 2.75) is 19.8 Å². The lowest BCUT2D eigenvalue weighted by Crippen LogP contribution is -2.17. The molecular formula is C21H19N5O2. The van der Waals surface area contributed by atoms with E-state index in [2.05, 4.69) is 20.4 Å². The smallest absolute Gasteiger partial charge is 0.262 e. The van der Waals surface area contributed by atoms with Gasteiger partial charge in [0.1, 0.15) is 11.2 Å². The quantitative estimate of drug-likeness (QED) is 0.562. The molecule has 7 nitrogen and oxygen atoms in total. The van der Waals surface area contributed by atoms with Gasteiger partial charge >= 0.3 is 0 Å². The number of carbonyl (C=O) groups excluding carboxylic acids is 1. The maximum atomic E-state index is 12.4. The fourth-order valence-corrected chi connectivity index (χ4v) is 3.00. The van der Waals surface area contributed by atoms with Gasteiger partial charge in [-0.25, -0.2) is 9.67 Å². The van der Waals surface area contributed by atoms with Crippen LogP contribution >= 0.6 is 0 Å². The first-order valence-corrected chi connectivity index (χ1v) is 8.99. The number of rotatable bonds is 5. The van der Waals surface area contributed by atoms with Crippen LogP contribution in [-0.4, -0.2) is 25.7 Å². The number of aromatic nitrogens is 4. The Morgan fingerprint density at radius 2 is 1.86 bits per heavy atom. The summed E-state index contributed by atoms with van der Waals surface area (Å²) in [5, 5.41) is 7.59. The molecule has 2 heterocycles. The van der Waals surface area contributed by atoms with E-state index < -0.39 is 0 Å². The van der Waals surface area contributed by atoms with Crippen molar-refractivity contribution in [2.75, 3.05) is 5.32 Å². The molecule has 0 radical (unpaired) electrons. The highest BCUT2D eigenvalue weighted by Gasteiger charge is 2.12. The van der Waals surface area contributed by atoms with Gasteiger partial charge in [0.15, 0.2) is 5.65 Å². The predicted octanol–water partition coefficient (Wildman–Crippen LogP) is 2.99. The third-order valence-electron chi connectivity index (χ3n) is 4.50. The first kappa shape index (κ1) is 17.7. The van der Waals surface area contributed by atoms with Gasteiger partial charge in [0.05, 0.1) is 11.9 Å². The van der Waals surface area contributed by atoms with Crippen LogP contribution in [0.15, 0.2) is 65.6 Å². The molecule has 0 aliphatic carbocycles. The molecule has 1 amide bonds. The minimum atomic E-state index is -0.263. The zero-order valence-electron chi connectivity index (χ0n) is 15.3. The molecule has 0 saturated carbocycles. The van der Waals surface area contributed by atoms with Crippen molar-refractivity contribution in [3.63, 3.8) is 0 Å². The van der Waals surface area contributed by atoms with Crippen molar-refractivity contribution in [2.24, 2.45) is 0 Å². The standard InChI is InChI=1S/C21H19N5O2/c1-14-7-5-6-10-17(14)23-19(27)12-11-18-24-20-16(21(28)25-18)13-22-26(20)15-8-3-2-4-9-15/h2-10,13H,11-12H2,1H3,(H,23,27)(H,24,25,28). The molecule has 4 rings (SSSR count). The van der Waals surface area contributed by atoms with Crippen LogP contribution in [-0.2, 0) is 11.2 Å². The van der Waals surface area contributed by atoms with Crippen molar-refractivity contribution in [3.05, 3.63) is 82.5 Å². The van der Waals surface area contributed by atoms with Crippen LogP contribution in [0.25, 0.3) is 16.7 Å². The summed E-state index contributed by atoms with van der Waals surface area (Å²) in [7, 11) is 0. The van der Waals surface area contributed by atoms with Crippen molar-refractivity contribution >= 4 is 22.6 Å². The SMILES string of the molecule is Cc1ccccc1NC(=O)CCc1nc2c(cnn2-c2ccccc2)c(=O)[nH]1. The fraction of sp³-hybridized carbons (Fsp3) is 0.143. The fourth-order valence-electron chi connectivity index (χ4n) is 3.00. The minimum absolute atomic E-state index is 0.131. The number of anilines is 1. The molecule has 2 aromatic heterocycles. The van der Waals surface area contributed by atoms with Gasteiger partial charge in [-0.05, 0) is 30.7 Å². The van der Waals surface area contributed by atoms with Crippen LogP contribution in [0.1, 0.15) is 17.8 Å². The van der Waals surface area contributed by atoms with Crippen LogP contribution in [0.3, 0.4) is 0 Å². The monoisotopic (exact) mass is 373 g/mol. The summed E-state index contributed by atoms with van der Waals surface area (Å²) in [5.74, 6) is 0.323. The van der Waals surface area contributed by atoms with E-state index in [4.69, 9.17) is 0 Å². The number of para-hydroxylation sites is 2. The van der Waals surface area contributed by atoms with Crippen molar-refractivity contribution in [1.82, 2.24) is 19.7 Å².